The highest BCUT2D eigenvalue weighted by Gasteiger charge is 2.21. The molecule has 2 unspecified atom stereocenters. The lowest BCUT2D eigenvalue weighted by atomic mass is 10.1. The molecule has 3 aromatic carbocycles. The number of hydrogen-bond donors (Lipinski definition) is 0. The maximum absolute atomic E-state index is 10.6. The van der Waals surface area contributed by atoms with Crippen LogP contribution >= 0.6 is 82.6 Å². The second-order valence-electron chi connectivity index (χ2n) is 6.87. The van der Waals surface area contributed by atoms with E-state index in [4.69, 9.17) is 44.3 Å². The minimum Gasteiger partial charge on any atom is -0.486 e. The van der Waals surface area contributed by atoms with Crippen LogP contribution in [0.4, 0.5) is 5.69 Å². The third-order valence-corrected chi connectivity index (χ3v) is 6.99. The molecule has 0 bridgehead atoms. The first kappa shape index (κ1) is 30.4. The Bertz CT molecular complexity index is 1060. The molecular weight excluding hydrogens is 712 g/mol. The Balaban J connectivity index is 0.000000269. The molecule has 0 radical (unpaired) electrons. The van der Waals surface area contributed by atoms with E-state index in [1.54, 1.807) is 6.07 Å². The lowest BCUT2D eigenvalue weighted by molar-refractivity contribution is -0.385. The Kier molecular flexibility index (Phi) is 13.9. The summed E-state index contributed by atoms with van der Waals surface area (Å²) < 4.78 is 11.4. The van der Waals surface area contributed by atoms with E-state index >= 15 is 0 Å². The van der Waals surface area contributed by atoms with E-state index < -0.39 is 4.92 Å². The second-order valence-corrected chi connectivity index (χ2v) is 10.2. The maximum atomic E-state index is 10.6. The van der Waals surface area contributed by atoms with Crippen molar-refractivity contribution in [3.05, 3.63) is 103 Å². The zero-order valence-corrected chi connectivity index (χ0v) is 25.2. The normalized spacial score (nSPS) is 12.3. The molecule has 0 heterocycles. The average Bonchev–Trinajstić information content (AvgIpc) is 2.86. The number of halogens is 6. The molecule has 2 atom stereocenters. The Labute approximate surface area is 244 Å². The van der Waals surface area contributed by atoms with Gasteiger partial charge in [-0.05, 0) is 24.3 Å². The molecule has 0 spiro atoms. The molecule has 11 heteroatoms. The summed E-state index contributed by atoms with van der Waals surface area (Å²) in [6, 6.07) is 19.7. The van der Waals surface area contributed by atoms with Crippen molar-refractivity contribution < 1.29 is 14.4 Å². The van der Waals surface area contributed by atoms with Gasteiger partial charge in [-0.15, -0.1) is 0 Å². The van der Waals surface area contributed by atoms with Crippen LogP contribution in [0.5, 0.6) is 5.75 Å². The SMILES string of the molecule is Clc1ccccc1C(CBr)OC(CBr)c1ccccc1Cl.O=[N+]([O-])c1cc(Cl)ccc1OCCBr. The molecule has 3 aromatic rings. The number of nitrogens with zero attached hydrogens (tertiary/aromatic N) is 1. The first-order chi connectivity index (χ1) is 16.8. The van der Waals surface area contributed by atoms with E-state index in [0.29, 0.717) is 37.7 Å². The van der Waals surface area contributed by atoms with Crippen LogP contribution in [0.3, 0.4) is 0 Å². The highest BCUT2D eigenvalue weighted by atomic mass is 79.9. The summed E-state index contributed by atoms with van der Waals surface area (Å²) in [5.74, 6) is 0.235. The van der Waals surface area contributed by atoms with Crippen molar-refractivity contribution in [1.82, 2.24) is 0 Å². The van der Waals surface area contributed by atoms with Gasteiger partial charge < -0.3 is 9.47 Å². The van der Waals surface area contributed by atoms with Crippen molar-refractivity contribution in [1.29, 1.82) is 0 Å². The van der Waals surface area contributed by atoms with Crippen LogP contribution in [0.1, 0.15) is 23.3 Å². The number of benzene rings is 3. The van der Waals surface area contributed by atoms with Crippen molar-refractivity contribution in [2.45, 2.75) is 12.2 Å². The zero-order chi connectivity index (χ0) is 25.8. The van der Waals surface area contributed by atoms with Crippen LogP contribution in [-0.2, 0) is 4.74 Å². The van der Waals surface area contributed by atoms with Gasteiger partial charge in [0.05, 0.1) is 23.7 Å². The summed E-state index contributed by atoms with van der Waals surface area (Å²) in [6.07, 6.45) is -0.282. The Morgan fingerprint density at radius 3 is 1.77 bits per heavy atom. The molecule has 35 heavy (non-hydrogen) atoms. The number of rotatable bonds is 10. The number of alkyl halides is 3. The highest BCUT2D eigenvalue weighted by Crippen LogP contribution is 2.35. The quantitative estimate of drug-likeness (QED) is 0.118. The van der Waals surface area contributed by atoms with Crippen molar-refractivity contribution >= 4 is 88.3 Å². The zero-order valence-electron chi connectivity index (χ0n) is 18.2. The largest absolute Gasteiger partial charge is 0.486 e. The van der Waals surface area contributed by atoms with Crippen molar-refractivity contribution in [2.75, 3.05) is 22.6 Å². The number of ether oxygens (including phenoxy) is 2. The van der Waals surface area contributed by atoms with Crippen molar-refractivity contribution in [3.8, 4) is 5.75 Å². The average molecular weight is 734 g/mol. The summed E-state index contributed by atoms with van der Waals surface area (Å²) in [5.41, 5.74) is 1.82. The van der Waals surface area contributed by atoms with Gasteiger partial charge >= 0.3 is 5.69 Å². The molecule has 0 aromatic heterocycles. The Morgan fingerprint density at radius 2 is 1.34 bits per heavy atom. The van der Waals surface area contributed by atoms with Gasteiger partial charge in [0, 0.05) is 48.3 Å². The molecule has 3 rings (SSSR count). The Hall–Kier alpha value is -0.870. The fourth-order valence-corrected chi connectivity index (χ4v) is 4.81. The summed E-state index contributed by atoms with van der Waals surface area (Å²) >= 11 is 28.3. The fourth-order valence-electron chi connectivity index (χ4n) is 2.96. The molecular formula is C24H21Br3Cl3NO4. The first-order valence-electron chi connectivity index (χ1n) is 10.2. The van der Waals surface area contributed by atoms with Crippen molar-refractivity contribution in [2.24, 2.45) is 0 Å². The van der Waals surface area contributed by atoms with E-state index in [2.05, 4.69) is 47.8 Å². The third kappa shape index (κ3) is 9.50. The van der Waals surface area contributed by atoms with E-state index in [-0.39, 0.29) is 23.6 Å². The smallest absolute Gasteiger partial charge is 0.312 e. The van der Waals surface area contributed by atoms with E-state index in [1.165, 1.54) is 12.1 Å². The van der Waals surface area contributed by atoms with Crippen molar-refractivity contribution in [3.63, 3.8) is 0 Å². The molecule has 0 fully saturated rings. The lowest BCUT2D eigenvalue weighted by Crippen LogP contribution is -2.13. The first-order valence-corrected chi connectivity index (χ1v) is 14.7. The van der Waals surface area contributed by atoms with Gasteiger partial charge in [0.2, 0.25) is 0 Å². The monoisotopic (exact) mass is 729 g/mol. The van der Waals surface area contributed by atoms with E-state index in [9.17, 15) is 10.1 Å². The van der Waals surface area contributed by atoms with Gasteiger partial charge in [0.25, 0.3) is 0 Å². The number of hydrogen-bond acceptors (Lipinski definition) is 4. The minimum atomic E-state index is -0.518. The van der Waals surface area contributed by atoms with Gasteiger partial charge in [-0.3, -0.25) is 10.1 Å². The topological polar surface area (TPSA) is 61.6 Å². The van der Waals surface area contributed by atoms with Crippen LogP contribution in [0.2, 0.25) is 15.1 Å². The van der Waals surface area contributed by atoms with Crippen LogP contribution in [0.15, 0.2) is 66.7 Å². The van der Waals surface area contributed by atoms with Gasteiger partial charge in [0.1, 0.15) is 0 Å². The van der Waals surface area contributed by atoms with Gasteiger partial charge in [-0.2, -0.15) is 0 Å². The summed E-state index contributed by atoms with van der Waals surface area (Å²) in [6.45, 7) is 0.377. The standard InChI is InChI=1S/C16H14Br2Cl2O.C8H7BrClNO3/c17-9-15(11-5-1-3-7-13(11)19)21-16(10-18)12-6-2-4-8-14(12)20;9-3-4-14-8-2-1-6(10)5-7(8)11(12)13/h1-8,15-16H,9-10H2;1-2,5H,3-4H2. The third-order valence-electron chi connectivity index (χ3n) is 4.57. The Morgan fingerprint density at radius 1 is 0.829 bits per heavy atom. The lowest BCUT2D eigenvalue weighted by Gasteiger charge is -2.24. The number of nitro groups is 1. The van der Waals surface area contributed by atoms with Crippen LogP contribution in [-0.4, -0.2) is 27.5 Å². The molecule has 0 aliphatic rings. The molecule has 5 nitrogen and oxygen atoms in total. The maximum Gasteiger partial charge on any atom is 0.312 e. The molecule has 0 saturated carbocycles. The molecule has 0 aliphatic carbocycles. The van der Waals surface area contributed by atoms with Crippen LogP contribution < -0.4 is 4.74 Å². The summed E-state index contributed by atoms with van der Waals surface area (Å²) in [5, 5.41) is 14.3. The minimum absolute atomic E-state index is 0.113. The fraction of sp³-hybridized carbons (Fsp3) is 0.250. The second kappa shape index (κ2) is 16.1. The van der Waals surface area contributed by atoms with Gasteiger partial charge in [0.15, 0.2) is 5.75 Å². The van der Waals surface area contributed by atoms with E-state index in [0.717, 1.165) is 11.1 Å². The van der Waals surface area contributed by atoms with Gasteiger partial charge in [-0.1, -0.05) is 119 Å². The summed E-state index contributed by atoms with van der Waals surface area (Å²) in [4.78, 5) is 10.1. The number of nitro benzene ring substituents is 1. The molecule has 0 saturated heterocycles. The highest BCUT2D eigenvalue weighted by molar-refractivity contribution is 9.09. The molecule has 0 aliphatic heterocycles. The molecule has 188 valence electrons. The summed E-state index contributed by atoms with van der Waals surface area (Å²) in [7, 11) is 0. The molecule has 0 amide bonds. The molecule has 0 N–H and O–H groups in total. The predicted molar refractivity (Wildman–Crippen MR) is 154 cm³/mol. The van der Waals surface area contributed by atoms with Crippen LogP contribution in [0.25, 0.3) is 0 Å². The predicted octanol–water partition coefficient (Wildman–Crippen LogP) is 9.60. The van der Waals surface area contributed by atoms with E-state index in [1.807, 2.05) is 48.5 Å². The van der Waals surface area contributed by atoms with Crippen LogP contribution in [0, 0.1) is 10.1 Å². The van der Waals surface area contributed by atoms with Gasteiger partial charge in [-0.25, -0.2) is 0 Å².